The number of nitrogen functional groups attached to an aromatic ring is 1. The fourth-order valence-electron chi connectivity index (χ4n) is 1.94. The van der Waals surface area contributed by atoms with Gasteiger partial charge in [-0.1, -0.05) is 41.9 Å². The second kappa shape index (κ2) is 6.94. The maximum atomic E-state index is 6.07. The van der Waals surface area contributed by atoms with Crippen LogP contribution in [-0.4, -0.2) is 22.2 Å². The number of hydrogen-bond acceptors (Lipinski definition) is 5. The second-order valence-electron chi connectivity index (χ2n) is 5.83. The molecule has 0 spiro atoms. The van der Waals surface area contributed by atoms with Crippen LogP contribution in [0.5, 0.6) is 5.88 Å². The fourth-order valence-corrected chi connectivity index (χ4v) is 2.12. The number of halogens is 1. The molecule has 5 nitrogen and oxygen atoms in total. The van der Waals surface area contributed by atoms with E-state index in [1.807, 2.05) is 51.1 Å². The SMILES string of the molecule is CC(C)(C)OC(COc1cc(Cl)nc(N)n1)c1ccccc1. The molecule has 22 heavy (non-hydrogen) atoms. The molecule has 0 aliphatic heterocycles. The lowest BCUT2D eigenvalue weighted by Gasteiger charge is -2.27. The fraction of sp³-hybridized carbons (Fsp3) is 0.375. The third-order valence-corrected chi connectivity index (χ3v) is 2.93. The van der Waals surface area contributed by atoms with Gasteiger partial charge in [-0.15, -0.1) is 0 Å². The summed E-state index contributed by atoms with van der Waals surface area (Å²) >= 11 is 5.85. The molecule has 0 saturated carbocycles. The molecular weight excluding hydrogens is 302 g/mol. The van der Waals surface area contributed by atoms with Crippen LogP contribution in [0, 0.1) is 0 Å². The lowest BCUT2D eigenvalue weighted by atomic mass is 10.1. The molecule has 0 amide bonds. The largest absolute Gasteiger partial charge is 0.474 e. The molecule has 0 aliphatic carbocycles. The molecule has 2 rings (SSSR count). The molecule has 0 saturated heterocycles. The third kappa shape index (κ3) is 5.16. The first-order chi connectivity index (χ1) is 10.3. The summed E-state index contributed by atoms with van der Waals surface area (Å²) in [7, 11) is 0. The van der Waals surface area contributed by atoms with E-state index in [0.717, 1.165) is 5.56 Å². The number of nitrogens with two attached hydrogens (primary N) is 1. The molecule has 0 radical (unpaired) electrons. The van der Waals surface area contributed by atoms with Crippen molar-refractivity contribution in [2.75, 3.05) is 12.3 Å². The van der Waals surface area contributed by atoms with Gasteiger partial charge in [-0.05, 0) is 26.3 Å². The Morgan fingerprint density at radius 1 is 1.18 bits per heavy atom. The summed E-state index contributed by atoms with van der Waals surface area (Å²) in [5.74, 6) is 0.409. The van der Waals surface area contributed by atoms with Gasteiger partial charge < -0.3 is 15.2 Å². The van der Waals surface area contributed by atoms with E-state index < -0.39 is 0 Å². The van der Waals surface area contributed by atoms with E-state index in [-0.39, 0.29) is 22.8 Å². The zero-order valence-electron chi connectivity index (χ0n) is 12.9. The molecular formula is C16H20ClN3O2. The maximum Gasteiger partial charge on any atom is 0.224 e. The van der Waals surface area contributed by atoms with Gasteiger partial charge in [-0.2, -0.15) is 4.98 Å². The highest BCUT2D eigenvalue weighted by molar-refractivity contribution is 6.29. The van der Waals surface area contributed by atoms with E-state index in [1.54, 1.807) is 0 Å². The second-order valence-corrected chi connectivity index (χ2v) is 6.21. The van der Waals surface area contributed by atoms with Crippen LogP contribution in [-0.2, 0) is 4.74 Å². The predicted octanol–water partition coefficient (Wildman–Crippen LogP) is 3.65. The Morgan fingerprint density at radius 2 is 1.86 bits per heavy atom. The molecule has 2 aromatic rings. The van der Waals surface area contributed by atoms with Crippen LogP contribution < -0.4 is 10.5 Å². The van der Waals surface area contributed by atoms with Crippen LogP contribution >= 0.6 is 11.6 Å². The Kier molecular flexibility index (Phi) is 5.21. The Morgan fingerprint density at radius 3 is 2.45 bits per heavy atom. The molecule has 0 bridgehead atoms. The van der Waals surface area contributed by atoms with Crippen LogP contribution in [0.1, 0.15) is 32.4 Å². The summed E-state index contributed by atoms with van der Waals surface area (Å²) in [6.45, 7) is 6.31. The van der Waals surface area contributed by atoms with Gasteiger partial charge in [0.15, 0.2) is 0 Å². The predicted molar refractivity (Wildman–Crippen MR) is 87.0 cm³/mol. The monoisotopic (exact) mass is 321 g/mol. The summed E-state index contributed by atoms with van der Waals surface area (Å²) < 4.78 is 11.8. The zero-order valence-corrected chi connectivity index (χ0v) is 13.7. The minimum absolute atomic E-state index is 0.0792. The molecule has 0 aliphatic rings. The number of aromatic nitrogens is 2. The first-order valence-electron chi connectivity index (χ1n) is 6.99. The van der Waals surface area contributed by atoms with Gasteiger partial charge in [0.05, 0.1) is 5.60 Å². The topological polar surface area (TPSA) is 70.3 Å². The van der Waals surface area contributed by atoms with Crippen molar-refractivity contribution in [3.63, 3.8) is 0 Å². The number of nitrogens with zero attached hydrogens (tertiary/aromatic N) is 2. The summed E-state index contributed by atoms with van der Waals surface area (Å²) in [6.07, 6.45) is -0.226. The average Bonchev–Trinajstić information content (AvgIpc) is 2.42. The zero-order chi connectivity index (χ0) is 16.2. The van der Waals surface area contributed by atoms with Gasteiger partial charge in [0.1, 0.15) is 17.9 Å². The lowest BCUT2D eigenvalue weighted by molar-refractivity contribution is -0.0786. The number of benzene rings is 1. The first-order valence-corrected chi connectivity index (χ1v) is 7.37. The molecule has 1 heterocycles. The highest BCUT2D eigenvalue weighted by atomic mass is 35.5. The third-order valence-electron chi connectivity index (χ3n) is 2.74. The van der Waals surface area contributed by atoms with Gasteiger partial charge in [0.25, 0.3) is 0 Å². The Hall–Kier alpha value is -1.85. The van der Waals surface area contributed by atoms with Gasteiger partial charge in [0, 0.05) is 6.07 Å². The molecule has 0 fully saturated rings. The van der Waals surface area contributed by atoms with Gasteiger partial charge in [-0.3, -0.25) is 0 Å². The van der Waals surface area contributed by atoms with Crippen molar-refractivity contribution in [3.05, 3.63) is 47.1 Å². The molecule has 1 unspecified atom stereocenters. The van der Waals surface area contributed by atoms with Crippen LogP contribution in [0.2, 0.25) is 5.15 Å². The van der Waals surface area contributed by atoms with E-state index >= 15 is 0 Å². The summed E-state index contributed by atoms with van der Waals surface area (Å²) in [6, 6.07) is 11.4. The van der Waals surface area contributed by atoms with Gasteiger partial charge in [0.2, 0.25) is 11.8 Å². The Bertz CT molecular complexity index is 594. The van der Waals surface area contributed by atoms with Crippen molar-refractivity contribution in [1.29, 1.82) is 0 Å². The molecule has 6 heteroatoms. The smallest absolute Gasteiger partial charge is 0.224 e. The number of anilines is 1. The van der Waals surface area contributed by atoms with E-state index in [9.17, 15) is 0 Å². The summed E-state index contributed by atoms with van der Waals surface area (Å²) in [5, 5.41) is 0.246. The number of rotatable bonds is 5. The summed E-state index contributed by atoms with van der Waals surface area (Å²) in [5.41, 5.74) is 6.29. The quantitative estimate of drug-likeness (QED) is 0.851. The highest BCUT2D eigenvalue weighted by Crippen LogP contribution is 2.25. The van der Waals surface area contributed by atoms with E-state index in [1.165, 1.54) is 6.07 Å². The maximum absolute atomic E-state index is 6.07. The highest BCUT2D eigenvalue weighted by Gasteiger charge is 2.21. The number of ether oxygens (including phenoxy) is 2. The van der Waals surface area contributed by atoms with Crippen LogP contribution in [0.15, 0.2) is 36.4 Å². The standard InChI is InChI=1S/C16H20ClN3O2/c1-16(2,3)22-12(11-7-5-4-6-8-11)10-21-14-9-13(17)19-15(18)20-14/h4-9,12H,10H2,1-3H3,(H2,18,19,20). The minimum Gasteiger partial charge on any atom is -0.474 e. The normalized spacial score (nSPS) is 12.9. The summed E-state index contributed by atoms with van der Waals surface area (Å²) in [4.78, 5) is 7.80. The Labute approximate surface area is 135 Å². The van der Waals surface area contributed by atoms with E-state index in [4.69, 9.17) is 26.8 Å². The van der Waals surface area contributed by atoms with Crippen LogP contribution in [0.4, 0.5) is 5.95 Å². The molecule has 1 aromatic heterocycles. The molecule has 1 atom stereocenters. The lowest BCUT2D eigenvalue weighted by Crippen LogP contribution is -2.26. The van der Waals surface area contributed by atoms with Crippen molar-refractivity contribution < 1.29 is 9.47 Å². The van der Waals surface area contributed by atoms with Crippen LogP contribution in [0.25, 0.3) is 0 Å². The van der Waals surface area contributed by atoms with Crippen molar-refractivity contribution in [2.45, 2.75) is 32.5 Å². The van der Waals surface area contributed by atoms with Gasteiger partial charge in [-0.25, -0.2) is 4.98 Å². The molecule has 118 valence electrons. The number of hydrogen-bond donors (Lipinski definition) is 1. The van der Waals surface area contributed by atoms with Crippen molar-refractivity contribution in [1.82, 2.24) is 9.97 Å². The molecule has 2 N–H and O–H groups in total. The van der Waals surface area contributed by atoms with E-state index in [2.05, 4.69) is 9.97 Å². The first kappa shape index (κ1) is 16.5. The minimum atomic E-state index is -0.299. The van der Waals surface area contributed by atoms with E-state index in [0.29, 0.717) is 12.5 Å². The average molecular weight is 322 g/mol. The van der Waals surface area contributed by atoms with Crippen molar-refractivity contribution in [2.24, 2.45) is 0 Å². The molecule has 1 aromatic carbocycles. The van der Waals surface area contributed by atoms with Crippen LogP contribution in [0.3, 0.4) is 0 Å². The Balaban J connectivity index is 2.13. The van der Waals surface area contributed by atoms with Crippen molar-refractivity contribution >= 4 is 17.5 Å². The van der Waals surface area contributed by atoms with Gasteiger partial charge >= 0.3 is 0 Å². The van der Waals surface area contributed by atoms with Crippen molar-refractivity contribution in [3.8, 4) is 5.88 Å².